The molecule has 1 heterocycles. The number of amides is 1. The molecule has 0 aliphatic carbocycles. The van der Waals surface area contributed by atoms with Crippen molar-refractivity contribution in [3.05, 3.63) is 56.0 Å². The van der Waals surface area contributed by atoms with E-state index in [-0.39, 0.29) is 36.1 Å². The number of aromatic nitrogens is 2. The molecule has 0 saturated carbocycles. The summed E-state index contributed by atoms with van der Waals surface area (Å²) in [7, 11) is 1.52. The van der Waals surface area contributed by atoms with E-state index >= 15 is 0 Å². The second-order valence-corrected chi connectivity index (χ2v) is 7.26. The van der Waals surface area contributed by atoms with Gasteiger partial charge < -0.3 is 15.4 Å². The lowest BCUT2D eigenvalue weighted by atomic mass is 10.1. The van der Waals surface area contributed by atoms with Gasteiger partial charge in [0.1, 0.15) is 11.6 Å². The highest BCUT2D eigenvalue weighted by Gasteiger charge is 2.25. The Labute approximate surface area is 168 Å². The normalized spacial score (nSPS) is 11.1. The number of halogens is 1. The molecule has 2 rings (SSSR count). The summed E-state index contributed by atoms with van der Waals surface area (Å²) in [5.41, 5.74) is 5.08. The number of hydrogen-bond donors (Lipinski definition) is 2. The number of aryl methyl sites for hydroxylation is 1. The number of benzene rings is 1. The van der Waals surface area contributed by atoms with Gasteiger partial charge in [0.25, 0.3) is 11.5 Å². The lowest BCUT2D eigenvalue weighted by molar-refractivity contribution is 0.0982. The van der Waals surface area contributed by atoms with Crippen molar-refractivity contribution in [3.63, 3.8) is 0 Å². The maximum absolute atomic E-state index is 14.0. The summed E-state index contributed by atoms with van der Waals surface area (Å²) in [4.78, 5) is 41.3. The first-order valence-electron chi connectivity index (χ1n) is 9.36. The van der Waals surface area contributed by atoms with Crippen molar-refractivity contribution in [1.29, 1.82) is 0 Å². The maximum Gasteiger partial charge on any atom is 0.330 e. The third-order valence-electron chi connectivity index (χ3n) is 4.43. The number of carbonyl (C=O) groups is 1. The molecule has 3 N–H and O–H groups in total. The predicted octanol–water partition coefficient (Wildman–Crippen LogP) is 1.91. The SMILES string of the molecule is COCCCN(C(=O)c1ccc(C)c(F)c1)c1c(N)n(CC(C)C)c(=O)[nH]c1=O. The number of nitrogens with two attached hydrogens (primary N) is 1. The number of hydrogen-bond acceptors (Lipinski definition) is 5. The van der Waals surface area contributed by atoms with E-state index in [1.807, 2.05) is 13.8 Å². The summed E-state index contributed by atoms with van der Waals surface area (Å²) in [5, 5.41) is 0. The molecule has 9 heteroatoms. The van der Waals surface area contributed by atoms with Gasteiger partial charge in [-0.3, -0.25) is 19.1 Å². The van der Waals surface area contributed by atoms with E-state index in [0.29, 0.717) is 18.6 Å². The van der Waals surface area contributed by atoms with Crippen LogP contribution in [0, 0.1) is 18.7 Å². The summed E-state index contributed by atoms with van der Waals surface area (Å²) < 4.78 is 20.3. The minimum absolute atomic E-state index is 0.0749. The van der Waals surface area contributed by atoms with E-state index in [4.69, 9.17) is 10.5 Å². The number of ether oxygens (including phenoxy) is 1. The van der Waals surface area contributed by atoms with Crippen LogP contribution >= 0.6 is 0 Å². The topological polar surface area (TPSA) is 110 Å². The number of carbonyl (C=O) groups excluding carboxylic acids is 1. The van der Waals surface area contributed by atoms with Crippen LogP contribution in [0.4, 0.5) is 15.9 Å². The quantitative estimate of drug-likeness (QED) is 0.651. The van der Waals surface area contributed by atoms with Crippen molar-refractivity contribution in [2.45, 2.75) is 33.7 Å². The molecule has 0 fully saturated rings. The Hall–Kier alpha value is -2.94. The van der Waals surface area contributed by atoms with E-state index in [9.17, 15) is 18.8 Å². The molecule has 0 atom stereocenters. The summed E-state index contributed by atoms with van der Waals surface area (Å²) in [6.45, 7) is 6.10. The zero-order valence-corrected chi connectivity index (χ0v) is 17.1. The largest absolute Gasteiger partial charge is 0.385 e. The molecule has 8 nitrogen and oxygen atoms in total. The summed E-state index contributed by atoms with van der Waals surface area (Å²) in [6, 6.07) is 4.09. The number of nitrogen functional groups attached to an aromatic ring is 1. The van der Waals surface area contributed by atoms with Gasteiger partial charge in [-0.05, 0) is 37.0 Å². The average Bonchev–Trinajstić information content (AvgIpc) is 2.65. The van der Waals surface area contributed by atoms with Crippen LogP contribution in [0.5, 0.6) is 0 Å². The number of nitrogens with one attached hydrogen (secondary N) is 1. The fourth-order valence-electron chi connectivity index (χ4n) is 2.95. The molecule has 0 radical (unpaired) electrons. The highest BCUT2D eigenvalue weighted by atomic mass is 19.1. The van der Waals surface area contributed by atoms with Crippen molar-refractivity contribution in [3.8, 4) is 0 Å². The van der Waals surface area contributed by atoms with E-state index in [1.165, 1.54) is 28.7 Å². The van der Waals surface area contributed by atoms with Crippen LogP contribution in [0.1, 0.15) is 36.2 Å². The zero-order valence-electron chi connectivity index (χ0n) is 17.1. The first-order valence-corrected chi connectivity index (χ1v) is 9.36. The molecule has 0 spiro atoms. The van der Waals surface area contributed by atoms with E-state index < -0.39 is 23.0 Å². The number of rotatable bonds is 8. The molecule has 0 bridgehead atoms. The van der Waals surface area contributed by atoms with Gasteiger partial charge in [-0.2, -0.15) is 0 Å². The molecule has 158 valence electrons. The molecular weight excluding hydrogens is 379 g/mol. The van der Waals surface area contributed by atoms with E-state index in [1.54, 1.807) is 6.92 Å². The highest BCUT2D eigenvalue weighted by Crippen LogP contribution is 2.21. The van der Waals surface area contributed by atoms with E-state index in [0.717, 1.165) is 6.07 Å². The fraction of sp³-hybridized carbons (Fsp3) is 0.450. The predicted molar refractivity (Wildman–Crippen MR) is 110 cm³/mol. The first kappa shape index (κ1) is 22.4. The van der Waals surface area contributed by atoms with Crippen molar-refractivity contribution >= 4 is 17.4 Å². The molecule has 0 saturated heterocycles. The lowest BCUT2D eigenvalue weighted by Crippen LogP contribution is -2.42. The molecule has 0 unspecified atom stereocenters. The smallest absolute Gasteiger partial charge is 0.330 e. The van der Waals surface area contributed by atoms with Gasteiger partial charge in [-0.25, -0.2) is 9.18 Å². The number of H-pyrrole nitrogens is 1. The average molecular weight is 406 g/mol. The van der Waals surface area contributed by atoms with Gasteiger partial charge >= 0.3 is 5.69 Å². The van der Waals surface area contributed by atoms with Gasteiger partial charge in [0.2, 0.25) is 0 Å². The second kappa shape index (κ2) is 9.51. The molecule has 1 aromatic heterocycles. The van der Waals surface area contributed by atoms with Crippen LogP contribution in [0.25, 0.3) is 0 Å². The van der Waals surface area contributed by atoms with Crippen LogP contribution in [0.3, 0.4) is 0 Å². The summed E-state index contributed by atoms with van der Waals surface area (Å²) >= 11 is 0. The molecule has 1 amide bonds. The Morgan fingerprint density at radius 1 is 1.34 bits per heavy atom. The number of nitrogens with zero attached hydrogens (tertiary/aromatic N) is 2. The number of anilines is 2. The Balaban J connectivity index is 2.60. The number of methoxy groups -OCH3 is 1. The monoisotopic (exact) mass is 406 g/mol. The standard InChI is InChI=1S/C20H27FN4O4/c1-12(2)11-25-17(22)16(18(26)23-20(25)28)24(8-5-9-29-4)19(27)14-7-6-13(3)15(21)10-14/h6-7,10,12H,5,8-9,11,22H2,1-4H3,(H,23,26,28). The molecule has 29 heavy (non-hydrogen) atoms. The van der Waals surface area contributed by atoms with Gasteiger partial charge in [0.05, 0.1) is 0 Å². The first-order chi connectivity index (χ1) is 13.7. The second-order valence-electron chi connectivity index (χ2n) is 7.26. The molecule has 0 aliphatic heterocycles. The molecule has 1 aromatic carbocycles. The van der Waals surface area contributed by atoms with E-state index in [2.05, 4.69) is 4.98 Å². The maximum atomic E-state index is 14.0. The zero-order chi connectivity index (χ0) is 21.7. The van der Waals surface area contributed by atoms with Gasteiger partial charge in [-0.15, -0.1) is 0 Å². The minimum Gasteiger partial charge on any atom is -0.385 e. The minimum atomic E-state index is -0.772. The van der Waals surface area contributed by atoms with Gasteiger partial charge in [0, 0.05) is 32.4 Å². The van der Waals surface area contributed by atoms with Crippen molar-refractivity contribution in [2.24, 2.45) is 5.92 Å². The van der Waals surface area contributed by atoms with Crippen LogP contribution in [0.2, 0.25) is 0 Å². The molecular formula is C20H27FN4O4. The Morgan fingerprint density at radius 3 is 2.62 bits per heavy atom. The van der Waals surface area contributed by atoms with Crippen LogP contribution < -0.4 is 21.9 Å². The highest BCUT2D eigenvalue weighted by molar-refractivity contribution is 6.07. The van der Waals surface area contributed by atoms with Crippen LogP contribution in [-0.4, -0.2) is 35.7 Å². The molecule has 2 aromatic rings. The Kier molecular flexibility index (Phi) is 7.33. The Bertz CT molecular complexity index is 997. The molecule has 0 aliphatic rings. The lowest BCUT2D eigenvalue weighted by Gasteiger charge is -2.25. The Morgan fingerprint density at radius 2 is 2.03 bits per heavy atom. The number of aromatic amines is 1. The van der Waals surface area contributed by atoms with Gasteiger partial charge in [0.15, 0.2) is 5.69 Å². The van der Waals surface area contributed by atoms with Gasteiger partial charge in [-0.1, -0.05) is 19.9 Å². The summed E-state index contributed by atoms with van der Waals surface area (Å²) in [6.07, 6.45) is 0.415. The van der Waals surface area contributed by atoms with Crippen LogP contribution in [0.15, 0.2) is 27.8 Å². The van der Waals surface area contributed by atoms with Crippen LogP contribution in [-0.2, 0) is 11.3 Å². The van der Waals surface area contributed by atoms with Crippen molar-refractivity contribution in [1.82, 2.24) is 9.55 Å². The third kappa shape index (κ3) is 5.11. The van der Waals surface area contributed by atoms with Crippen molar-refractivity contribution in [2.75, 3.05) is 30.9 Å². The third-order valence-corrected chi connectivity index (χ3v) is 4.43. The summed E-state index contributed by atoms with van der Waals surface area (Å²) in [5.74, 6) is -1.14. The fourth-order valence-corrected chi connectivity index (χ4v) is 2.95. The van der Waals surface area contributed by atoms with Crippen molar-refractivity contribution < 1.29 is 13.9 Å².